The average molecular weight is 307 g/mol. The average Bonchev–Trinajstić information content (AvgIpc) is 2.46. The maximum absolute atomic E-state index is 13.5. The van der Waals surface area contributed by atoms with Crippen LogP contribution >= 0.6 is 11.6 Å². The van der Waals surface area contributed by atoms with Crippen LogP contribution in [0.15, 0.2) is 48.5 Å². The minimum atomic E-state index is -0.355. The molecule has 1 atom stereocenters. The molecule has 2 aromatic rings. The Morgan fingerprint density at radius 3 is 2.48 bits per heavy atom. The van der Waals surface area contributed by atoms with E-state index in [0.717, 1.165) is 12.8 Å². The lowest BCUT2D eigenvalue weighted by atomic mass is 9.87. The van der Waals surface area contributed by atoms with Crippen LogP contribution in [0.25, 0.3) is 0 Å². The molecule has 0 saturated carbocycles. The molecule has 0 amide bonds. The Balaban J connectivity index is 2.25. The van der Waals surface area contributed by atoms with Crippen molar-refractivity contribution >= 4 is 17.3 Å². The van der Waals surface area contributed by atoms with Gasteiger partial charge in [-0.1, -0.05) is 48.9 Å². The third-order valence-electron chi connectivity index (χ3n) is 3.72. The Bertz CT molecular complexity index is 562. The van der Waals surface area contributed by atoms with Crippen LogP contribution in [0.2, 0.25) is 5.02 Å². The summed E-state index contributed by atoms with van der Waals surface area (Å²) >= 11 is 5.91. The third-order valence-corrected chi connectivity index (χ3v) is 3.94. The van der Waals surface area contributed by atoms with Gasteiger partial charge in [-0.3, -0.25) is 0 Å². The SMILES string of the molecule is CCC(CN)(Cc1ccccc1)Nc1cc(F)cc(Cl)c1. The maximum Gasteiger partial charge on any atom is 0.126 e. The summed E-state index contributed by atoms with van der Waals surface area (Å²) in [6.07, 6.45) is 1.60. The Hall–Kier alpha value is -1.58. The van der Waals surface area contributed by atoms with Crippen LogP contribution in [0.1, 0.15) is 18.9 Å². The molecule has 0 fully saturated rings. The first-order valence-corrected chi connectivity index (χ1v) is 7.43. The minimum absolute atomic E-state index is 0.321. The van der Waals surface area contributed by atoms with Gasteiger partial charge in [0.25, 0.3) is 0 Å². The van der Waals surface area contributed by atoms with Crippen LogP contribution in [-0.4, -0.2) is 12.1 Å². The monoisotopic (exact) mass is 306 g/mol. The highest BCUT2D eigenvalue weighted by Gasteiger charge is 2.27. The fourth-order valence-electron chi connectivity index (χ4n) is 2.44. The van der Waals surface area contributed by atoms with Gasteiger partial charge in [-0.05, 0) is 36.6 Å². The van der Waals surface area contributed by atoms with Crippen molar-refractivity contribution in [3.05, 3.63) is 64.9 Å². The van der Waals surface area contributed by atoms with Crippen molar-refractivity contribution in [2.75, 3.05) is 11.9 Å². The number of halogens is 2. The number of anilines is 1. The summed E-state index contributed by atoms with van der Waals surface area (Å²) in [6.45, 7) is 2.52. The van der Waals surface area contributed by atoms with Gasteiger partial charge in [-0.15, -0.1) is 0 Å². The summed E-state index contributed by atoms with van der Waals surface area (Å²) in [4.78, 5) is 0. The highest BCUT2D eigenvalue weighted by atomic mass is 35.5. The van der Waals surface area contributed by atoms with E-state index in [-0.39, 0.29) is 11.4 Å². The zero-order valence-corrected chi connectivity index (χ0v) is 12.8. The van der Waals surface area contributed by atoms with E-state index in [2.05, 4.69) is 24.4 Å². The van der Waals surface area contributed by atoms with Gasteiger partial charge in [0.2, 0.25) is 0 Å². The molecule has 2 nitrogen and oxygen atoms in total. The number of rotatable bonds is 6. The second-order valence-corrected chi connectivity index (χ2v) is 5.72. The van der Waals surface area contributed by atoms with Crippen molar-refractivity contribution in [1.82, 2.24) is 0 Å². The van der Waals surface area contributed by atoms with Crippen molar-refractivity contribution in [3.63, 3.8) is 0 Å². The third kappa shape index (κ3) is 4.19. The first-order chi connectivity index (χ1) is 10.1. The van der Waals surface area contributed by atoms with Crippen LogP contribution < -0.4 is 11.1 Å². The standard InChI is InChI=1S/C17H20ClFN2/c1-2-17(12-20,11-13-6-4-3-5-7-13)21-16-9-14(18)8-15(19)10-16/h3-10,21H,2,11-12,20H2,1H3. The molecule has 0 aromatic heterocycles. The summed E-state index contributed by atoms with van der Waals surface area (Å²) in [5, 5.41) is 3.75. The van der Waals surface area contributed by atoms with Crippen molar-refractivity contribution in [1.29, 1.82) is 0 Å². The smallest absolute Gasteiger partial charge is 0.126 e. The second kappa shape index (κ2) is 6.92. The van der Waals surface area contributed by atoms with Crippen molar-refractivity contribution in [2.24, 2.45) is 5.73 Å². The maximum atomic E-state index is 13.5. The Morgan fingerprint density at radius 2 is 1.90 bits per heavy atom. The van der Waals surface area contributed by atoms with E-state index in [1.807, 2.05) is 18.2 Å². The van der Waals surface area contributed by atoms with Crippen molar-refractivity contribution in [3.8, 4) is 0 Å². The number of hydrogen-bond acceptors (Lipinski definition) is 2. The zero-order chi connectivity index (χ0) is 15.3. The van der Waals surface area contributed by atoms with E-state index in [1.54, 1.807) is 6.07 Å². The van der Waals surface area contributed by atoms with Gasteiger partial charge < -0.3 is 11.1 Å². The Kier molecular flexibility index (Phi) is 5.21. The largest absolute Gasteiger partial charge is 0.378 e. The summed E-state index contributed by atoms with van der Waals surface area (Å²) in [7, 11) is 0. The second-order valence-electron chi connectivity index (χ2n) is 5.28. The fraction of sp³-hybridized carbons (Fsp3) is 0.294. The van der Waals surface area contributed by atoms with Crippen LogP contribution in [0.5, 0.6) is 0 Å². The van der Waals surface area contributed by atoms with E-state index in [0.29, 0.717) is 17.3 Å². The van der Waals surface area contributed by atoms with Gasteiger partial charge in [-0.2, -0.15) is 0 Å². The predicted octanol–water partition coefficient (Wildman–Crippen LogP) is 4.24. The summed E-state index contributed by atoms with van der Waals surface area (Å²) in [5.74, 6) is -0.355. The molecule has 2 aromatic carbocycles. The Labute approximate surface area is 130 Å². The first kappa shape index (κ1) is 15.8. The molecule has 0 bridgehead atoms. The number of nitrogens with two attached hydrogens (primary N) is 1. The molecular formula is C17H20ClFN2. The molecular weight excluding hydrogens is 287 g/mol. The molecule has 0 aliphatic heterocycles. The molecule has 3 N–H and O–H groups in total. The lowest BCUT2D eigenvalue weighted by Gasteiger charge is -2.34. The van der Waals surface area contributed by atoms with Gasteiger partial charge >= 0.3 is 0 Å². The molecule has 0 aliphatic carbocycles. The van der Waals surface area contributed by atoms with Crippen LogP contribution in [0.4, 0.5) is 10.1 Å². The predicted molar refractivity (Wildman–Crippen MR) is 87.3 cm³/mol. The van der Waals surface area contributed by atoms with Gasteiger partial charge in [0.1, 0.15) is 5.82 Å². The molecule has 1 unspecified atom stereocenters. The van der Waals surface area contributed by atoms with E-state index in [1.165, 1.54) is 17.7 Å². The van der Waals surface area contributed by atoms with Crippen molar-refractivity contribution in [2.45, 2.75) is 25.3 Å². The minimum Gasteiger partial charge on any atom is -0.378 e. The zero-order valence-electron chi connectivity index (χ0n) is 12.1. The van der Waals surface area contributed by atoms with Crippen LogP contribution in [-0.2, 0) is 6.42 Å². The van der Waals surface area contributed by atoms with Gasteiger partial charge in [0, 0.05) is 17.3 Å². The number of benzene rings is 2. The summed E-state index contributed by atoms with van der Waals surface area (Å²) in [5.41, 5.74) is 7.53. The topological polar surface area (TPSA) is 38.0 Å². The van der Waals surface area contributed by atoms with E-state index in [9.17, 15) is 4.39 Å². The van der Waals surface area contributed by atoms with Gasteiger partial charge in [-0.25, -0.2) is 4.39 Å². The summed E-state index contributed by atoms with van der Waals surface area (Å²) < 4.78 is 13.5. The lowest BCUT2D eigenvalue weighted by Crippen LogP contribution is -2.47. The van der Waals surface area contributed by atoms with Gasteiger partial charge in [0.15, 0.2) is 0 Å². The van der Waals surface area contributed by atoms with Crippen molar-refractivity contribution < 1.29 is 4.39 Å². The molecule has 0 spiro atoms. The fourth-order valence-corrected chi connectivity index (χ4v) is 2.67. The van der Waals surface area contributed by atoms with Gasteiger partial charge in [0.05, 0.1) is 5.54 Å². The first-order valence-electron chi connectivity index (χ1n) is 7.05. The molecule has 0 aliphatic rings. The summed E-state index contributed by atoms with van der Waals surface area (Å²) in [6, 6.07) is 14.6. The molecule has 4 heteroatoms. The molecule has 0 radical (unpaired) electrons. The number of nitrogens with one attached hydrogen (secondary N) is 1. The quantitative estimate of drug-likeness (QED) is 0.837. The highest BCUT2D eigenvalue weighted by molar-refractivity contribution is 6.30. The Morgan fingerprint density at radius 1 is 1.19 bits per heavy atom. The molecule has 112 valence electrons. The van der Waals surface area contributed by atoms with Crippen LogP contribution in [0, 0.1) is 5.82 Å². The van der Waals surface area contributed by atoms with E-state index < -0.39 is 0 Å². The van der Waals surface area contributed by atoms with E-state index >= 15 is 0 Å². The normalized spacial score (nSPS) is 13.7. The molecule has 0 saturated heterocycles. The lowest BCUT2D eigenvalue weighted by molar-refractivity contribution is 0.457. The number of hydrogen-bond donors (Lipinski definition) is 2. The highest BCUT2D eigenvalue weighted by Crippen LogP contribution is 2.25. The van der Waals surface area contributed by atoms with E-state index in [4.69, 9.17) is 17.3 Å². The molecule has 0 heterocycles. The van der Waals surface area contributed by atoms with Crippen LogP contribution in [0.3, 0.4) is 0 Å². The molecule has 2 rings (SSSR count). The molecule has 21 heavy (non-hydrogen) atoms.